The van der Waals surface area contributed by atoms with E-state index in [1.807, 2.05) is 4.90 Å². The lowest BCUT2D eigenvalue weighted by Crippen LogP contribution is -2.54. The van der Waals surface area contributed by atoms with Crippen molar-refractivity contribution in [1.82, 2.24) is 4.90 Å². The summed E-state index contributed by atoms with van der Waals surface area (Å²) >= 11 is 0. The lowest BCUT2D eigenvalue weighted by Gasteiger charge is -2.51. The molecule has 2 rings (SSSR count). The van der Waals surface area contributed by atoms with Crippen LogP contribution in [0.2, 0.25) is 0 Å². The Balaban J connectivity index is 1.96. The van der Waals surface area contributed by atoms with Gasteiger partial charge in [-0.1, -0.05) is 20.8 Å². The van der Waals surface area contributed by atoms with Gasteiger partial charge in [0.1, 0.15) is 0 Å². The van der Waals surface area contributed by atoms with E-state index in [1.165, 1.54) is 0 Å². The molecule has 0 spiro atoms. The van der Waals surface area contributed by atoms with Crippen LogP contribution in [0.3, 0.4) is 0 Å². The van der Waals surface area contributed by atoms with Crippen molar-refractivity contribution in [1.29, 1.82) is 0 Å². The quantitative estimate of drug-likeness (QED) is 0.658. The van der Waals surface area contributed by atoms with Gasteiger partial charge in [-0.2, -0.15) is 0 Å². The summed E-state index contributed by atoms with van der Waals surface area (Å²) in [5, 5.41) is 0. The van der Waals surface area contributed by atoms with Crippen molar-refractivity contribution >= 4 is 5.91 Å². The first-order valence-electron chi connectivity index (χ1n) is 5.90. The SMILES string of the molecule is C[C@H]1C[C@@H](C(=O)N2CCOCC2)C1(C)C. The highest BCUT2D eigenvalue weighted by molar-refractivity contribution is 5.80. The molecule has 1 saturated heterocycles. The van der Waals surface area contributed by atoms with E-state index in [9.17, 15) is 4.79 Å². The molecule has 0 aromatic heterocycles. The summed E-state index contributed by atoms with van der Waals surface area (Å²) in [6, 6.07) is 0. The van der Waals surface area contributed by atoms with Gasteiger partial charge in [0.15, 0.2) is 0 Å². The van der Waals surface area contributed by atoms with Gasteiger partial charge >= 0.3 is 0 Å². The van der Waals surface area contributed by atoms with Crippen LogP contribution in [-0.4, -0.2) is 37.1 Å². The van der Waals surface area contributed by atoms with Crippen molar-refractivity contribution in [2.45, 2.75) is 27.2 Å². The third kappa shape index (κ3) is 1.78. The molecular formula is C12H21NO2. The Morgan fingerprint density at radius 2 is 1.93 bits per heavy atom. The number of ether oxygens (including phenoxy) is 1. The van der Waals surface area contributed by atoms with E-state index in [4.69, 9.17) is 4.74 Å². The number of carbonyl (C=O) groups is 1. The molecule has 1 heterocycles. The molecule has 0 aromatic carbocycles. The Morgan fingerprint density at radius 3 is 2.40 bits per heavy atom. The summed E-state index contributed by atoms with van der Waals surface area (Å²) < 4.78 is 5.26. The van der Waals surface area contributed by atoms with Crippen LogP contribution in [0.25, 0.3) is 0 Å². The zero-order valence-electron chi connectivity index (χ0n) is 9.95. The molecule has 0 unspecified atom stereocenters. The van der Waals surface area contributed by atoms with Gasteiger partial charge in [-0.3, -0.25) is 4.79 Å². The molecule has 1 aliphatic carbocycles. The topological polar surface area (TPSA) is 29.5 Å². The summed E-state index contributed by atoms with van der Waals surface area (Å²) in [5.74, 6) is 1.26. The minimum absolute atomic E-state index is 0.190. The molecule has 2 aliphatic rings. The van der Waals surface area contributed by atoms with E-state index in [0.29, 0.717) is 25.0 Å². The standard InChI is InChI=1S/C12H21NO2/c1-9-8-10(12(9,2)3)11(14)13-4-6-15-7-5-13/h9-10H,4-8H2,1-3H3/t9-,10-/m0/s1. The lowest BCUT2D eigenvalue weighted by atomic mass is 9.55. The second kappa shape index (κ2) is 3.78. The Bertz CT molecular complexity index is 256. The van der Waals surface area contributed by atoms with Crippen LogP contribution in [0.4, 0.5) is 0 Å². The number of amides is 1. The summed E-state index contributed by atoms with van der Waals surface area (Å²) in [4.78, 5) is 14.2. The zero-order valence-corrected chi connectivity index (χ0v) is 9.95. The monoisotopic (exact) mass is 211 g/mol. The molecule has 1 aliphatic heterocycles. The third-order valence-corrected chi connectivity index (χ3v) is 4.38. The molecule has 0 N–H and O–H groups in total. The summed E-state index contributed by atoms with van der Waals surface area (Å²) in [6.45, 7) is 9.62. The second-order valence-corrected chi connectivity index (χ2v) is 5.45. The van der Waals surface area contributed by atoms with Crippen LogP contribution in [0.1, 0.15) is 27.2 Å². The van der Waals surface area contributed by atoms with Gasteiger partial charge in [0.25, 0.3) is 0 Å². The highest BCUT2D eigenvalue weighted by Gasteiger charge is 2.50. The number of carbonyl (C=O) groups excluding carboxylic acids is 1. The number of hydrogen-bond donors (Lipinski definition) is 0. The summed E-state index contributed by atoms with van der Waals surface area (Å²) in [7, 11) is 0. The minimum Gasteiger partial charge on any atom is -0.378 e. The van der Waals surface area contributed by atoms with E-state index in [2.05, 4.69) is 20.8 Å². The number of nitrogens with zero attached hydrogens (tertiary/aromatic N) is 1. The van der Waals surface area contributed by atoms with Crippen LogP contribution < -0.4 is 0 Å². The fourth-order valence-corrected chi connectivity index (χ4v) is 2.57. The predicted molar refractivity (Wildman–Crippen MR) is 58.5 cm³/mol. The largest absolute Gasteiger partial charge is 0.378 e. The van der Waals surface area contributed by atoms with Gasteiger partial charge in [0, 0.05) is 19.0 Å². The van der Waals surface area contributed by atoms with E-state index in [0.717, 1.165) is 19.5 Å². The molecule has 2 fully saturated rings. The van der Waals surface area contributed by atoms with Crippen molar-refractivity contribution in [3.05, 3.63) is 0 Å². The number of rotatable bonds is 1. The smallest absolute Gasteiger partial charge is 0.226 e. The highest BCUT2D eigenvalue weighted by Crippen LogP contribution is 2.51. The zero-order chi connectivity index (χ0) is 11.1. The fourth-order valence-electron chi connectivity index (χ4n) is 2.57. The molecule has 0 aromatic rings. The van der Waals surface area contributed by atoms with E-state index in [-0.39, 0.29) is 11.3 Å². The first-order chi connectivity index (χ1) is 7.03. The van der Waals surface area contributed by atoms with E-state index < -0.39 is 0 Å². The normalized spacial score (nSPS) is 34.7. The molecule has 0 radical (unpaired) electrons. The van der Waals surface area contributed by atoms with Gasteiger partial charge in [0.05, 0.1) is 13.2 Å². The molecule has 2 atom stereocenters. The predicted octanol–water partition coefficient (Wildman–Crippen LogP) is 1.53. The molecule has 86 valence electrons. The molecule has 0 bridgehead atoms. The van der Waals surface area contributed by atoms with Crippen LogP contribution in [0, 0.1) is 17.3 Å². The van der Waals surface area contributed by atoms with Crippen LogP contribution in [-0.2, 0) is 9.53 Å². The molecule has 3 nitrogen and oxygen atoms in total. The van der Waals surface area contributed by atoms with E-state index >= 15 is 0 Å². The van der Waals surface area contributed by atoms with Gasteiger partial charge in [-0.25, -0.2) is 0 Å². The van der Waals surface area contributed by atoms with Crippen molar-refractivity contribution in [3.63, 3.8) is 0 Å². The molecule has 1 saturated carbocycles. The van der Waals surface area contributed by atoms with Crippen LogP contribution in [0.5, 0.6) is 0 Å². The number of hydrogen-bond acceptors (Lipinski definition) is 2. The number of morpholine rings is 1. The Hall–Kier alpha value is -0.570. The van der Waals surface area contributed by atoms with Gasteiger partial charge in [-0.05, 0) is 17.8 Å². The van der Waals surface area contributed by atoms with Gasteiger partial charge < -0.3 is 9.64 Å². The van der Waals surface area contributed by atoms with Gasteiger partial charge in [-0.15, -0.1) is 0 Å². The first kappa shape index (κ1) is 10.9. The maximum atomic E-state index is 12.2. The van der Waals surface area contributed by atoms with Crippen LogP contribution >= 0.6 is 0 Å². The maximum Gasteiger partial charge on any atom is 0.226 e. The Morgan fingerprint density at radius 1 is 1.33 bits per heavy atom. The third-order valence-electron chi connectivity index (χ3n) is 4.38. The first-order valence-corrected chi connectivity index (χ1v) is 5.90. The van der Waals surface area contributed by atoms with E-state index in [1.54, 1.807) is 0 Å². The minimum atomic E-state index is 0.190. The van der Waals surface area contributed by atoms with Crippen LogP contribution in [0.15, 0.2) is 0 Å². The summed E-state index contributed by atoms with van der Waals surface area (Å²) in [5.41, 5.74) is 0.190. The van der Waals surface area contributed by atoms with Crippen molar-refractivity contribution in [2.75, 3.05) is 26.3 Å². The molecular weight excluding hydrogens is 190 g/mol. The maximum absolute atomic E-state index is 12.2. The molecule has 15 heavy (non-hydrogen) atoms. The lowest BCUT2D eigenvalue weighted by molar-refractivity contribution is -0.154. The molecule has 3 heteroatoms. The van der Waals surface area contributed by atoms with Crippen molar-refractivity contribution in [3.8, 4) is 0 Å². The average Bonchev–Trinajstić information content (AvgIpc) is 2.26. The highest BCUT2D eigenvalue weighted by atomic mass is 16.5. The Labute approximate surface area is 91.8 Å². The summed E-state index contributed by atoms with van der Waals surface area (Å²) in [6.07, 6.45) is 1.06. The average molecular weight is 211 g/mol. The Kier molecular flexibility index (Phi) is 2.75. The van der Waals surface area contributed by atoms with Crippen molar-refractivity contribution in [2.24, 2.45) is 17.3 Å². The molecule has 1 amide bonds. The van der Waals surface area contributed by atoms with Gasteiger partial charge in [0.2, 0.25) is 5.91 Å². The second-order valence-electron chi connectivity index (χ2n) is 5.45. The fraction of sp³-hybridized carbons (Fsp3) is 0.917. The van der Waals surface area contributed by atoms with Crippen molar-refractivity contribution < 1.29 is 9.53 Å².